The fraction of sp³-hybridized carbons (Fsp3) is 0.548. The van der Waals surface area contributed by atoms with Crippen molar-refractivity contribution < 1.29 is 14.3 Å². The minimum absolute atomic E-state index is 0.0188. The zero-order valence-electron chi connectivity index (χ0n) is 23.1. The van der Waals surface area contributed by atoms with Crippen molar-refractivity contribution in [1.29, 1.82) is 0 Å². The number of hydrogen-bond donors (Lipinski definition) is 1. The van der Waals surface area contributed by atoms with E-state index in [0.717, 1.165) is 74.5 Å². The zero-order chi connectivity index (χ0) is 26.6. The molecule has 0 saturated carbocycles. The van der Waals surface area contributed by atoms with E-state index in [1.165, 1.54) is 0 Å². The third kappa shape index (κ3) is 5.95. The second kappa shape index (κ2) is 12.0. The first-order valence-corrected chi connectivity index (χ1v) is 14.2. The molecule has 0 aliphatic carbocycles. The van der Waals surface area contributed by atoms with Crippen LogP contribution < -0.4 is 5.32 Å². The molecular weight excluding hydrogens is 476 g/mol. The topological polar surface area (TPSA) is 65.1 Å². The third-order valence-corrected chi connectivity index (χ3v) is 8.77. The number of amides is 2. The molecule has 3 unspecified atom stereocenters. The minimum Gasteiger partial charge on any atom is -0.379 e. The summed E-state index contributed by atoms with van der Waals surface area (Å²) in [5, 5.41) is 3.35. The minimum atomic E-state index is -0.170. The van der Waals surface area contributed by atoms with Gasteiger partial charge in [-0.2, -0.15) is 0 Å². The molecule has 3 aliphatic heterocycles. The van der Waals surface area contributed by atoms with E-state index in [2.05, 4.69) is 32.1 Å². The first-order valence-electron chi connectivity index (χ1n) is 14.2. The van der Waals surface area contributed by atoms with Gasteiger partial charge in [0.1, 0.15) is 0 Å². The van der Waals surface area contributed by atoms with E-state index in [-0.39, 0.29) is 23.9 Å². The van der Waals surface area contributed by atoms with Gasteiger partial charge >= 0.3 is 0 Å². The van der Waals surface area contributed by atoms with Crippen LogP contribution in [-0.2, 0) is 9.53 Å². The molecule has 7 heteroatoms. The van der Waals surface area contributed by atoms with Crippen LogP contribution in [0.25, 0.3) is 0 Å². The van der Waals surface area contributed by atoms with Crippen LogP contribution in [0.15, 0.2) is 48.5 Å². The van der Waals surface area contributed by atoms with Crippen molar-refractivity contribution in [3.63, 3.8) is 0 Å². The summed E-state index contributed by atoms with van der Waals surface area (Å²) >= 11 is 0. The van der Waals surface area contributed by atoms with Gasteiger partial charge in [-0.25, -0.2) is 0 Å². The van der Waals surface area contributed by atoms with Gasteiger partial charge in [-0.05, 0) is 55.7 Å². The molecule has 2 aromatic rings. The van der Waals surface area contributed by atoms with Crippen molar-refractivity contribution in [3.05, 3.63) is 70.8 Å². The summed E-state index contributed by atoms with van der Waals surface area (Å²) in [6, 6.07) is 16.2. The van der Waals surface area contributed by atoms with Crippen molar-refractivity contribution in [2.24, 2.45) is 11.8 Å². The van der Waals surface area contributed by atoms with Gasteiger partial charge in [0, 0.05) is 51.4 Å². The predicted octanol–water partition coefficient (Wildman–Crippen LogP) is 3.28. The van der Waals surface area contributed by atoms with Gasteiger partial charge in [-0.1, -0.05) is 48.5 Å². The molecular formula is C31H42N4O3. The molecule has 3 saturated heterocycles. The molecule has 4 atom stereocenters. The maximum Gasteiger partial charge on any atom is 0.254 e. The Hall–Kier alpha value is -2.74. The summed E-state index contributed by atoms with van der Waals surface area (Å²) in [7, 11) is 0. The van der Waals surface area contributed by atoms with E-state index in [1.807, 2.05) is 57.2 Å². The number of benzene rings is 2. The number of nitrogens with one attached hydrogen (secondary N) is 1. The highest BCUT2D eigenvalue weighted by atomic mass is 16.5. The lowest BCUT2D eigenvalue weighted by atomic mass is 10.0. The van der Waals surface area contributed by atoms with Gasteiger partial charge in [0.2, 0.25) is 5.91 Å². The first kappa shape index (κ1) is 26.9. The van der Waals surface area contributed by atoms with Crippen LogP contribution in [-0.4, -0.2) is 91.6 Å². The Balaban J connectivity index is 1.16. The molecule has 3 fully saturated rings. The second-order valence-corrected chi connectivity index (χ2v) is 11.3. The normalized spacial score (nSPS) is 23.7. The Morgan fingerprint density at radius 1 is 0.921 bits per heavy atom. The van der Waals surface area contributed by atoms with E-state index in [9.17, 15) is 9.59 Å². The molecule has 0 spiro atoms. The fourth-order valence-electron chi connectivity index (χ4n) is 6.49. The van der Waals surface area contributed by atoms with Gasteiger partial charge in [0.05, 0.1) is 25.3 Å². The van der Waals surface area contributed by atoms with E-state index in [1.54, 1.807) is 0 Å². The van der Waals surface area contributed by atoms with Crippen LogP contribution in [0, 0.1) is 25.7 Å². The van der Waals surface area contributed by atoms with E-state index in [4.69, 9.17) is 4.74 Å². The first-order chi connectivity index (χ1) is 18.4. The summed E-state index contributed by atoms with van der Waals surface area (Å²) in [6.07, 6.45) is 0.871. The number of carbonyl (C=O) groups is 2. The lowest BCUT2D eigenvalue weighted by molar-refractivity contribution is -0.128. The van der Waals surface area contributed by atoms with Gasteiger partial charge in [0.25, 0.3) is 5.91 Å². The molecule has 1 N–H and O–H groups in total. The monoisotopic (exact) mass is 518 g/mol. The van der Waals surface area contributed by atoms with Crippen LogP contribution in [0.4, 0.5) is 0 Å². The highest BCUT2D eigenvalue weighted by molar-refractivity contribution is 5.97. The largest absolute Gasteiger partial charge is 0.379 e. The van der Waals surface area contributed by atoms with E-state index < -0.39 is 0 Å². The van der Waals surface area contributed by atoms with Crippen molar-refractivity contribution >= 4 is 11.8 Å². The number of aryl methyl sites for hydroxylation is 2. The summed E-state index contributed by atoms with van der Waals surface area (Å²) in [5.74, 6) is 1.31. The molecule has 5 rings (SSSR count). The third-order valence-electron chi connectivity index (χ3n) is 8.77. The molecule has 38 heavy (non-hydrogen) atoms. The number of likely N-dealkylation sites (tertiary alicyclic amines) is 2. The molecule has 2 amide bonds. The smallest absolute Gasteiger partial charge is 0.254 e. The predicted molar refractivity (Wildman–Crippen MR) is 149 cm³/mol. The highest BCUT2D eigenvalue weighted by Gasteiger charge is 2.42. The van der Waals surface area contributed by atoms with E-state index >= 15 is 0 Å². The Labute approximate surface area is 227 Å². The Kier molecular flexibility index (Phi) is 8.46. The molecule has 0 radical (unpaired) electrons. The van der Waals surface area contributed by atoms with Gasteiger partial charge in [-0.15, -0.1) is 0 Å². The summed E-state index contributed by atoms with van der Waals surface area (Å²) in [4.78, 5) is 33.3. The van der Waals surface area contributed by atoms with Crippen molar-refractivity contribution in [1.82, 2.24) is 20.0 Å². The Bertz CT molecular complexity index is 1080. The van der Waals surface area contributed by atoms with Crippen molar-refractivity contribution in [3.8, 4) is 0 Å². The van der Waals surface area contributed by atoms with Crippen LogP contribution in [0.2, 0.25) is 0 Å². The van der Waals surface area contributed by atoms with Crippen LogP contribution in [0.3, 0.4) is 0 Å². The Morgan fingerprint density at radius 2 is 1.55 bits per heavy atom. The molecule has 3 aliphatic rings. The fourth-order valence-corrected chi connectivity index (χ4v) is 6.49. The van der Waals surface area contributed by atoms with Crippen LogP contribution in [0.5, 0.6) is 0 Å². The number of carbonyl (C=O) groups excluding carboxylic acids is 2. The quantitative estimate of drug-likeness (QED) is 0.581. The van der Waals surface area contributed by atoms with Gasteiger partial charge in [0.15, 0.2) is 0 Å². The number of morpholine rings is 1. The maximum absolute atomic E-state index is 13.3. The maximum atomic E-state index is 13.3. The number of ether oxygens (including phenoxy) is 1. The molecule has 7 nitrogen and oxygen atoms in total. The second-order valence-electron chi connectivity index (χ2n) is 11.3. The molecule has 2 aromatic carbocycles. The summed E-state index contributed by atoms with van der Waals surface area (Å²) in [6.45, 7) is 13.7. The van der Waals surface area contributed by atoms with Crippen molar-refractivity contribution in [2.75, 3.05) is 59.0 Å². The number of hydrogen-bond acceptors (Lipinski definition) is 5. The van der Waals surface area contributed by atoms with E-state index in [0.29, 0.717) is 25.0 Å². The number of rotatable bonds is 8. The number of nitrogens with zero attached hydrogens (tertiary/aromatic N) is 3. The van der Waals surface area contributed by atoms with Crippen LogP contribution >= 0.6 is 0 Å². The SMILES string of the molecule is Cc1cccc(C)c1C(=O)N1CC2CN(CC[C@H](NC(=O)C(C)N3CCOCC3)c3ccccc3)CC2C1. The Morgan fingerprint density at radius 3 is 2.18 bits per heavy atom. The summed E-state index contributed by atoms with van der Waals surface area (Å²) in [5.41, 5.74) is 4.15. The van der Waals surface area contributed by atoms with Gasteiger partial charge < -0.3 is 19.9 Å². The van der Waals surface area contributed by atoms with Gasteiger partial charge in [-0.3, -0.25) is 14.5 Å². The van der Waals surface area contributed by atoms with Crippen LogP contribution in [0.1, 0.15) is 46.4 Å². The molecule has 3 heterocycles. The lowest BCUT2D eigenvalue weighted by Gasteiger charge is -2.32. The van der Waals surface area contributed by atoms with Crippen molar-refractivity contribution in [2.45, 2.75) is 39.3 Å². The average Bonchev–Trinajstić information content (AvgIpc) is 3.50. The average molecular weight is 519 g/mol. The molecule has 204 valence electrons. The number of fused-ring (bicyclic) bond motifs is 1. The lowest BCUT2D eigenvalue weighted by Crippen LogP contribution is -2.50. The molecule has 0 bridgehead atoms. The molecule has 0 aromatic heterocycles. The highest BCUT2D eigenvalue weighted by Crippen LogP contribution is 2.33. The standard InChI is InChI=1S/C31H42N4O3/c1-22-8-7-9-23(2)29(22)31(37)35-20-26-18-33(19-27(26)21-35)13-12-28(25-10-5-4-6-11-25)32-30(36)24(3)34-14-16-38-17-15-34/h4-11,24,26-28H,12-21H2,1-3H3,(H,32,36)/t24?,26?,27?,28-/m0/s1. The zero-order valence-corrected chi connectivity index (χ0v) is 23.1. The summed E-state index contributed by atoms with van der Waals surface area (Å²) < 4.78 is 5.46.